The number of rotatable bonds is 5. The van der Waals surface area contributed by atoms with E-state index in [0.717, 1.165) is 25.6 Å². The Hall–Kier alpha value is -1.07. The minimum atomic E-state index is 0.265. The van der Waals surface area contributed by atoms with Crippen molar-refractivity contribution in [2.45, 2.75) is 44.8 Å². The van der Waals surface area contributed by atoms with E-state index in [4.69, 9.17) is 4.74 Å². The Morgan fingerprint density at radius 3 is 3.00 bits per heavy atom. The summed E-state index contributed by atoms with van der Waals surface area (Å²) in [6.45, 7) is 8.31. The van der Waals surface area contributed by atoms with Crippen LogP contribution in [-0.4, -0.2) is 48.2 Å². The summed E-state index contributed by atoms with van der Waals surface area (Å²) in [6.07, 6.45) is 6.89. The summed E-state index contributed by atoms with van der Waals surface area (Å²) in [4.78, 5) is 2.51. The van der Waals surface area contributed by atoms with Gasteiger partial charge in [-0.25, -0.2) is 0 Å². The number of hydrogen-bond acceptors (Lipinski definition) is 4. The van der Waals surface area contributed by atoms with Gasteiger partial charge in [-0.3, -0.25) is 4.68 Å². The molecule has 0 spiro atoms. The highest BCUT2D eigenvalue weighted by Gasteiger charge is 2.45. The molecule has 0 amide bonds. The van der Waals surface area contributed by atoms with Crippen molar-refractivity contribution < 1.29 is 4.74 Å². The molecule has 3 rings (SSSR count). The second-order valence-electron chi connectivity index (χ2n) is 6.50. The monoisotopic (exact) mass is 278 g/mol. The molecule has 1 aromatic heterocycles. The molecule has 5 nitrogen and oxygen atoms in total. The Bertz CT molecular complexity index is 456. The first-order valence-electron chi connectivity index (χ1n) is 7.65. The second kappa shape index (κ2) is 5.37. The Balaban J connectivity index is 1.71. The molecule has 1 saturated carbocycles. The van der Waals surface area contributed by atoms with Crippen LogP contribution < -0.4 is 10.2 Å². The molecule has 1 N–H and O–H groups in total. The van der Waals surface area contributed by atoms with Gasteiger partial charge in [-0.05, 0) is 32.6 Å². The van der Waals surface area contributed by atoms with E-state index in [-0.39, 0.29) is 5.54 Å². The van der Waals surface area contributed by atoms with Crippen molar-refractivity contribution >= 4 is 5.69 Å². The second-order valence-corrected chi connectivity index (χ2v) is 6.50. The third-order valence-corrected chi connectivity index (χ3v) is 4.79. The molecular weight excluding hydrogens is 252 g/mol. The first kappa shape index (κ1) is 13.9. The van der Waals surface area contributed by atoms with Crippen LogP contribution in [0.3, 0.4) is 0 Å². The lowest BCUT2D eigenvalue weighted by Gasteiger charge is -2.46. The largest absolute Gasteiger partial charge is 0.383 e. The van der Waals surface area contributed by atoms with Crippen molar-refractivity contribution in [2.75, 3.05) is 31.7 Å². The van der Waals surface area contributed by atoms with Crippen molar-refractivity contribution in [2.24, 2.45) is 5.92 Å². The quantitative estimate of drug-likeness (QED) is 0.886. The Kier molecular flexibility index (Phi) is 3.73. The van der Waals surface area contributed by atoms with E-state index >= 15 is 0 Å². The average Bonchev–Trinajstić information content (AvgIpc) is 3.20. The normalized spacial score (nSPS) is 30.8. The fraction of sp³-hybridized carbons (Fsp3) is 0.800. The number of nitrogens with zero attached hydrogens (tertiary/aromatic N) is 3. The number of ether oxygens (including phenoxy) is 1. The summed E-state index contributed by atoms with van der Waals surface area (Å²) in [5, 5.41) is 8.21. The molecule has 0 bridgehead atoms. The Morgan fingerprint density at radius 2 is 2.30 bits per heavy atom. The fourth-order valence-electron chi connectivity index (χ4n) is 3.20. The van der Waals surface area contributed by atoms with Gasteiger partial charge in [0.25, 0.3) is 0 Å². The van der Waals surface area contributed by atoms with Gasteiger partial charge in [0, 0.05) is 38.0 Å². The van der Waals surface area contributed by atoms with Crippen LogP contribution in [0.4, 0.5) is 5.69 Å². The fourth-order valence-corrected chi connectivity index (χ4v) is 3.20. The number of hydrogen-bond donors (Lipinski definition) is 1. The van der Waals surface area contributed by atoms with Crippen molar-refractivity contribution in [3.63, 3.8) is 0 Å². The zero-order valence-corrected chi connectivity index (χ0v) is 12.8. The van der Waals surface area contributed by atoms with E-state index in [1.165, 1.54) is 18.5 Å². The summed E-state index contributed by atoms with van der Waals surface area (Å²) in [7, 11) is 1.73. The third-order valence-electron chi connectivity index (χ3n) is 4.79. The van der Waals surface area contributed by atoms with Gasteiger partial charge in [0.05, 0.1) is 25.0 Å². The Morgan fingerprint density at radius 1 is 1.50 bits per heavy atom. The minimum absolute atomic E-state index is 0.265. The van der Waals surface area contributed by atoms with Crippen LogP contribution in [0.2, 0.25) is 0 Å². The maximum atomic E-state index is 5.11. The molecule has 1 aliphatic carbocycles. The predicted octanol–water partition coefficient (Wildman–Crippen LogP) is 1.50. The molecule has 2 heterocycles. The molecule has 2 unspecified atom stereocenters. The summed E-state index contributed by atoms with van der Waals surface area (Å²) < 4.78 is 7.08. The first-order chi connectivity index (χ1) is 9.62. The standard InChI is InChI=1S/C15H26N4O/c1-12-8-16-15(2,13-4-5-13)11-19(12)14-9-17-18(10-14)6-7-20-3/h9-10,12-13,16H,4-8,11H2,1-3H3. The third kappa shape index (κ3) is 2.69. The van der Waals surface area contributed by atoms with Gasteiger partial charge in [0.2, 0.25) is 0 Å². The maximum Gasteiger partial charge on any atom is 0.0756 e. The molecule has 112 valence electrons. The van der Waals surface area contributed by atoms with Crippen molar-refractivity contribution in [1.82, 2.24) is 15.1 Å². The summed E-state index contributed by atoms with van der Waals surface area (Å²) in [5.74, 6) is 0.848. The van der Waals surface area contributed by atoms with Gasteiger partial charge in [0.15, 0.2) is 0 Å². The van der Waals surface area contributed by atoms with E-state index in [9.17, 15) is 0 Å². The van der Waals surface area contributed by atoms with E-state index in [1.807, 2.05) is 10.9 Å². The summed E-state index contributed by atoms with van der Waals surface area (Å²) >= 11 is 0. The molecule has 1 saturated heterocycles. The lowest BCUT2D eigenvalue weighted by Crippen LogP contribution is -2.63. The van der Waals surface area contributed by atoms with Crippen LogP contribution in [0, 0.1) is 5.92 Å². The molecule has 0 radical (unpaired) electrons. The summed E-state index contributed by atoms with van der Waals surface area (Å²) in [6, 6.07) is 0.516. The number of nitrogens with one attached hydrogen (secondary N) is 1. The smallest absolute Gasteiger partial charge is 0.0756 e. The van der Waals surface area contributed by atoms with Crippen molar-refractivity contribution in [3.8, 4) is 0 Å². The van der Waals surface area contributed by atoms with E-state index < -0.39 is 0 Å². The Labute approximate surface area is 121 Å². The lowest BCUT2D eigenvalue weighted by molar-refractivity contribution is 0.183. The van der Waals surface area contributed by atoms with Crippen LogP contribution in [-0.2, 0) is 11.3 Å². The van der Waals surface area contributed by atoms with Gasteiger partial charge < -0.3 is 15.0 Å². The van der Waals surface area contributed by atoms with Crippen molar-refractivity contribution in [1.29, 1.82) is 0 Å². The highest BCUT2D eigenvalue weighted by atomic mass is 16.5. The van der Waals surface area contributed by atoms with Gasteiger partial charge in [-0.1, -0.05) is 0 Å². The number of aromatic nitrogens is 2. The predicted molar refractivity (Wildman–Crippen MR) is 80.0 cm³/mol. The van der Waals surface area contributed by atoms with Gasteiger partial charge in [-0.15, -0.1) is 0 Å². The molecule has 5 heteroatoms. The molecule has 2 aliphatic rings. The molecular formula is C15H26N4O. The molecule has 20 heavy (non-hydrogen) atoms. The zero-order valence-electron chi connectivity index (χ0n) is 12.8. The van der Waals surface area contributed by atoms with Crippen LogP contribution in [0.1, 0.15) is 26.7 Å². The highest BCUT2D eigenvalue weighted by molar-refractivity contribution is 5.45. The van der Waals surface area contributed by atoms with E-state index in [2.05, 4.69) is 35.4 Å². The van der Waals surface area contributed by atoms with Crippen LogP contribution in [0.5, 0.6) is 0 Å². The zero-order chi connectivity index (χ0) is 14.2. The van der Waals surface area contributed by atoms with Gasteiger partial charge in [-0.2, -0.15) is 5.10 Å². The van der Waals surface area contributed by atoms with Crippen LogP contribution in [0.25, 0.3) is 0 Å². The molecule has 1 aliphatic heterocycles. The number of methoxy groups -OCH3 is 1. The van der Waals surface area contributed by atoms with Gasteiger partial charge in [0.1, 0.15) is 0 Å². The molecule has 2 fully saturated rings. The van der Waals surface area contributed by atoms with Crippen LogP contribution in [0.15, 0.2) is 12.4 Å². The van der Waals surface area contributed by atoms with E-state index in [0.29, 0.717) is 12.6 Å². The van der Waals surface area contributed by atoms with Gasteiger partial charge >= 0.3 is 0 Å². The minimum Gasteiger partial charge on any atom is -0.383 e. The molecule has 1 aromatic rings. The lowest BCUT2D eigenvalue weighted by atomic mass is 9.91. The number of anilines is 1. The van der Waals surface area contributed by atoms with Crippen LogP contribution >= 0.6 is 0 Å². The maximum absolute atomic E-state index is 5.11. The van der Waals surface area contributed by atoms with E-state index in [1.54, 1.807) is 7.11 Å². The molecule has 2 atom stereocenters. The number of piperazine rings is 1. The highest BCUT2D eigenvalue weighted by Crippen LogP contribution is 2.42. The first-order valence-corrected chi connectivity index (χ1v) is 7.65. The topological polar surface area (TPSA) is 42.3 Å². The molecule has 0 aromatic carbocycles. The SMILES string of the molecule is COCCn1cc(N2CC(C)(C3CC3)NCC2C)cn1. The summed E-state index contributed by atoms with van der Waals surface area (Å²) in [5.41, 5.74) is 1.50. The van der Waals surface area contributed by atoms with Crippen molar-refractivity contribution in [3.05, 3.63) is 12.4 Å². The average molecular weight is 278 g/mol.